The summed E-state index contributed by atoms with van der Waals surface area (Å²) in [5.74, 6) is -0.241. The van der Waals surface area contributed by atoms with Crippen LogP contribution in [0.2, 0.25) is 0 Å². The highest BCUT2D eigenvalue weighted by Crippen LogP contribution is 2.29. The van der Waals surface area contributed by atoms with Crippen LogP contribution in [0.25, 0.3) is 10.2 Å². The zero-order chi connectivity index (χ0) is 11.1. The average Bonchev–Trinajstić information content (AvgIpc) is 2.57. The maximum absolute atomic E-state index is 13.0. The highest BCUT2D eigenvalue weighted by molar-refractivity contribution is 7.22. The van der Waals surface area contributed by atoms with Gasteiger partial charge in [-0.1, -0.05) is 11.3 Å². The van der Waals surface area contributed by atoms with Crippen LogP contribution in [0.4, 0.5) is 9.52 Å². The molecule has 2 aromatic rings. The van der Waals surface area contributed by atoms with Gasteiger partial charge in [-0.15, -0.1) is 0 Å². The molecule has 0 bridgehead atoms. The molecule has 0 unspecified atom stereocenters. The van der Waals surface area contributed by atoms with Gasteiger partial charge in [0.05, 0.1) is 10.2 Å². The van der Waals surface area contributed by atoms with Crippen LogP contribution >= 0.6 is 11.3 Å². The summed E-state index contributed by atoms with van der Waals surface area (Å²) in [7, 11) is 0. The first-order chi connectivity index (χ1) is 7.70. The summed E-state index contributed by atoms with van der Waals surface area (Å²) in [6.45, 7) is 0. The maximum Gasteiger partial charge on any atom is 0.184 e. The smallest absolute Gasteiger partial charge is 0.184 e. The average molecular weight is 237 g/mol. The van der Waals surface area contributed by atoms with E-state index in [-0.39, 0.29) is 5.82 Å². The SMILES string of the molecule is NC1CC(Nc2nc3cc(F)ccc3s2)C1. The van der Waals surface area contributed by atoms with E-state index >= 15 is 0 Å². The molecule has 1 aliphatic rings. The van der Waals surface area contributed by atoms with Crippen molar-refractivity contribution >= 4 is 26.7 Å². The van der Waals surface area contributed by atoms with E-state index in [4.69, 9.17) is 5.73 Å². The third-order valence-corrected chi connectivity index (χ3v) is 3.82. The molecule has 0 amide bonds. The van der Waals surface area contributed by atoms with Crippen molar-refractivity contribution in [3.63, 3.8) is 0 Å². The lowest BCUT2D eigenvalue weighted by Gasteiger charge is -2.32. The molecular formula is C11H12FN3S. The van der Waals surface area contributed by atoms with Crippen molar-refractivity contribution in [2.24, 2.45) is 5.73 Å². The summed E-state index contributed by atoms with van der Waals surface area (Å²) >= 11 is 1.56. The van der Waals surface area contributed by atoms with Crippen LogP contribution in [0.15, 0.2) is 18.2 Å². The highest BCUT2D eigenvalue weighted by Gasteiger charge is 2.26. The van der Waals surface area contributed by atoms with Gasteiger partial charge in [0, 0.05) is 18.2 Å². The zero-order valence-electron chi connectivity index (χ0n) is 8.61. The summed E-state index contributed by atoms with van der Waals surface area (Å²) in [5.41, 5.74) is 6.43. The van der Waals surface area contributed by atoms with Gasteiger partial charge >= 0.3 is 0 Å². The van der Waals surface area contributed by atoms with Crippen molar-refractivity contribution in [1.82, 2.24) is 4.98 Å². The number of nitrogens with zero attached hydrogens (tertiary/aromatic N) is 1. The second-order valence-electron chi connectivity index (χ2n) is 4.20. The summed E-state index contributed by atoms with van der Waals surface area (Å²) in [6.07, 6.45) is 1.98. The molecule has 5 heteroatoms. The molecule has 0 atom stereocenters. The van der Waals surface area contributed by atoms with Crippen molar-refractivity contribution in [3.05, 3.63) is 24.0 Å². The molecule has 0 spiro atoms. The molecule has 1 heterocycles. The summed E-state index contributed by atoms with van der Waals surface area (Å²) in [4.78, 5) is 4.35. The lowest BCUT2D eigenvalue weighted by Crippen LogP contribution is -2.44. The van der Waals surface area contributed by atoms with Crippen LogP contribution in [0.3, 0.4) is 0 Å². The number of benzene rings is 1. The summed E-state index contributed by atoms with van der Waals surface area (Å²) < 4.78 is 14.0. The third kappa shape index (κ3) is 1.76. The van der Waals surface area contributed by atoms with Gasteiger partial charge in [-0.3, -0.25) is 0 Å². The number of aromatic nitrogens is 1. The maximum atomic E-state index is 13.0. The summed E-state index contributed by atoms with van der Waals surface area (Å²) in [6, 6.07) is 5.44. The van der Waals surface area contributed by atoms with Crippen molar-refractivity contribution in [3.8, 4) is 0 Å². The number of nitrogens with one attached hydrogen (secondary N) is 1. The third-order valence-electron chi connectivity index (χ3n) is 2.85. The molecular weight excluding hydrogens is 225 g/mol. The zero-order valence-corrected chi connectivity index (χ0v) is 9.43. The fraction of sp³-hybridized carbons (Fsp3) is 0.364. The van der Waals surface area contributed by atoms with E-state index in [1.54, 1.807) is 17.4 Å². The molecule has 0 saturated heterocycles. The predicted molar refractivity (Wildman–Crippen MR) is 64.2 cm³/mol. The summed E-state index contributed by atoms with van der Waals surface area (Å²) in [5, 5.41) is 4.18. The minimum absolute atomic E-state index is 0.241. The Bertz CT molecular complexity index is 519. The largest absolute Gasteiger partial charge is 0.359 e. The molecule has 0 radical (unpaired) electrons. The number of rotatable bonds is 2. The van der Waals surface area contributed by atoms with Crippen LogP contribution in [-0.2, 0) is 0 Å². The first-order valence-electron chi connectivity index (χ1n) is 5.29. The molecule has 1 aromatic heterocycles. The first kappa shape index (κ1) is 9.99. The van der Waals surface area contributed by atoms with Crippen molar-refractivity contribution in [1.29, 1.82) is 0 Å². The van der Waals surface area contributed by atoms with Gasteiger partial charge in [0.2, 0.25) is 0 Å². The van der Waals surface area contributed by atoms with Crippen LogP contribution in [0.5, 0.6) is 0 Å². The van der Waals surface area contributed by atoms with Crippen LogP contribution in [-0.4, -0.2) is 17.1 Å². The standard InChI is InChI=1S/C11H12FN3S/c12-6-1-2-10-9(3-6)15-11(16-10)14-8-4-7(13)5-8/h1-3,7-8H,4-5,13H2,(H,14,15). The van der Waals surface area contributed by atoms with Gasteiger partial charge in [-0.05, 0) is 25.0 Å². The number of halogens is 1. The molecule has 0 aliphatic heterocycles. The van der Waals surface area contributed by atoms with Crippen LogP contribution in [0.1, 0.15) is 12.8 Å². The fourth-order valence-corrected chi connectivity index (χ4v) is 2.84. The Kier molecular flexibility index (Phi) is 2.29. The predicted octanol–water partition coefficient (Wildman–Crippen LogP) is 2.34. The molecule has 1 fully saturated rings. The molecule has 3 N–H and O–H groups in total. The second-order valence-corrected chi connectivity index (χ2v) is 5.23. The Morgan fingerprint density at radius 2 is 2.25 bits per heavy atom. The van der Waals surface area contributed by atoms with E-state index < -0.39 is 0 Å². The number of fused-ring (bicyclic) bond motifs is 1. The Hall–Kier alpha value is -1.20. The van der Waals surface area contributed by atoms with Gasteiger partial charge in [-0.25, -0.2) is 9.37 Å². The number of hydrogen-bond donors (Lipinski definition) is 2. The Morgan fingerprint density at radius 1 is 1.44 bits per heavy atom. The fourth-order valence-electron chi connectivity index (χ4n) is 1.92. The highest BCUT2D eigenvalue weighted by atomic mass is 32.1. The Balaban J connectivity index is 1.82. The van der Waals surface area contributed by atoms with Crippen molar-refractivity contribution in [2.75, 3.05) is 5.32 Å². The number of hydrogen-bond acceptors (Lipinski definition) is 4. The Labute approximate surface area is 96.5 Å². The monoisotopic (exact) mass is 237 g/mol. The lowest BCUT2D eigenvalue weighted by atomic mass is 9.88. The van der Waals surface area contributed by atoms with Crippen LogP contribution < -0.4 is 11.1 Å². The minimum Gasteiger partial charge on any atom is -0.359 e. The van der Waals surface area contributed by atoms with E-state index in [1.807, 2.05) is 0 Å². The van der Waals surface area contributed by atoms with Gasteiger partial charge in [-0.2, -0.15) is 0 Å². The minimum atomic E-state index is -0.241. The van der Waals surface area contributed by atoms with E-state index in [1.165, 1.54) is 12.1 Å². The number of nitrogens with two attached hydrogens (primary N) is 1. The van der Waals surface area contributed by atoms with E-state index in [0.29, 0.717) is 12.1 Å². The van der Waals surface area contributed by atoms with Crippen LogP contribution in [0, 0.1) is 5.82 Å². The van der Waals surface area contributed by atoms with Gasteiger partial charge in [0.1, 0.15) is 5.82 Å². The molecule has 1 saturated carbocycles. The topological polar surface area (TPSA) is 50.9 Å². The molecule has 3 nitrogen and oxygen atoms in total. The normalized spacial score (nSPS) is 24.4. The van der Waals surface area contributed by atoms with Gasteiger partial charge in [0.25, 0.3) is 0 Å². The van der Waals surface area contributed by atoms with Gasteiger partial charge in [0.15, 0.2) is 5.13 Å². The van der Waals surface area contributed by atoms with Crippen molar-refractivity contribution < 1.29 is 4.39 Å². The Morgan fingerprint density at radius 3 is 3.00 bits per heavy atom. The van der Waals surface area contributed by atoms with Gasteiger partial charge < -0.3 is 11.1 Å². The molecule has 1 aromatic carbocycles. The number of anilines is 1. The van der Waals surface area contributed by atoms with Crippen molar-refractivity contribution in [2.45, 2.75) is 24.9 Å². The quantitative estimate of drug-likeness (QED) is 0.843. The molecule has 16 heavy (non-hydrogen) atoms. The number of thiazole rings is 1. The molecule has 3 rings (SSSR count). The molecule has 84 valence electrons. The first-order valence-corrected chi connectivity index (χ1v) is 6.10. The lowest BCUT2D eigenvalue weighted by molar-refractivity contribution is 0.373. The van der Waals surface area contributed by atoms with E-state index in [0.717, 1.165) is 28.2 Å². The second kappa shape index (κ2) is 3.68. The van der Waals surface area contributed by atoms with E-state index in [2.05, 4.69) is 10.3 Å². The van der Waals surface area contributed by atoms with E-state index in [9.17, 15) is 4.39 Å². The molecule has 1 aliphatic carbocycles.